The number of fused-ring (bicyclic) bond motifs is 2. The SMILES string of the molecule is COC(=O)CC1CC2(CCN(C(=O)O)CC2)c2ccccc21. The molecule has 5 nitrogen and oxygen atoms in total. The highest BCUT2D eigenvalue weighted by molar-refractivity contribution is 5.71. The van der Waals surface area contributed by atoms with Crippen molar-refractivity contribution in [3.63, 3.8) is 0 Å². The van der Waals surface area contributed by atoms with E-state index in [4.69, 9.17) is 9.84 Å². The van der Waals surface area contributed by atoms with Crippen LogP contribution in [0.5, 0.6) is 0 Å². The Morgan fingerprint density at radius 2 is 2.00 bits per heavy atom. The van der Waals surface area contributed by atoms with Crippen molar-refractivity contribution in [2.24, 2.45) is 0 Å². The van der Waals surface area contributed by atoms with Gasteiger partial charge in [-0.15, -0.1) is 0 Å². The quantitative estimate of drug-likeness (QED) is 0.853. The van der Waals surface area contributed by atoms with E-state index in [2.05, 4.69) is 12.1 Å². The maximum atomic E-state index is 11.7. The average molecular weight is 303 g/mol. The number of ether oxygens (including phenoxy) is 1. The molecule has 1 heterocycles. The van der Waals surface area contributed by atoms with E-state index in [0.717, 1.165) is 19.3 Å². The van der Waals surface area contributed by atoms with Crippen LogP contribution in [0.4, 0.5) is 4.79 Å². The second-order valence-corrected chi connectivity index (χ2v) is 6.32. The van der Waals surface area contributed by atoms with Crippen molar-refractivity contribution >= 4 is 12.1 Å². The fourth-order valence-electron chi connectivity index (χ4n) is 4.09. The molecular weight excluding hydrogens is 282 g/mol. The Morgan fingerprint density at radius 1 is 1.32 bits per heavy atom. The van der Waals surface area contributed by atoms with Crippen LogP contribution < -0.4 is 0 Å². The number of amides is 1. The Hall–Kier alpha value is -2.04. The first-order chi connectivity index (χ1) is 10.6. The predicted molar refractivity (Wildman–Crippen MR) is 80.9 cm³/mol. The number of hydrogen-bond acceptors (Lipinski definition) is 3. The molecule has 1 saturated heterocycles. The minimum Gasteiger partial charge on any atom is -0.469 e. The molecule has 1 spiro atoms. The minimum atomic E-state index is -0.841. The molecule has 0 aromatic heterocycles. The number of carboxylic acid groups (broad SMARTS) is 1. The van der Waals surface area contributed by atoms with Crippen molar-refractivity contribution < 1.29 is 19.4 Å². The van der Waals surface area contributed by atoms with E-state index in [0.29, 0.717) is 19.5 Å². The maximum Gasteiger partial charge on any atom is 0.407 e. The molecule has 1 amide bonds. The van der Waals surface area contributed by atoms with Gasteiger partial charge < -0.3 is 14.7 Å². The fraction of sp³-hybridized carbons (Fsp3) is 0.529. The lowest BCUT2D eigenvalue weighted by molar-refractivity contribution is -0.141. The third-order valence-corrected chi connectivity index (χ3v) is 5.24. The van der Waals surface area contributed by atoms with Gasteiger partial charge in [0.05, 0.1) is 13.5 Å². The predicted octanol–water partition coefficient (Wildman–Crippen LogP) is 2.75. The summed E-state index contributed by atoms with van der Waals surface area (Å²) in [5.41, 5.74) is 2.55. The van der Waals surface area contributed by atoms with E-state index in [1.165, 1.54) is 23.1 Å². The highest BCUT2D eigenvalue weighted by atomic mass is 16.5. The standard InChI is InChI=1S/C17H21NO4/c1-22-15(19)10-12-11-17(14-5-3-2-4-13(12)14)6-8-18(9-7-17)16(20)21/h2-5,12H,6-11H2,1H3,(H,20,21). The summed E-state index contributed by atoms with van der Waals surface area (Å²) in [6.07, 6.45) is 2.13. The number of hydrogen-bond donors (Lipinski definition) is 1. The van der Waals surface area contributed by atoms with Crippen LogP contribution in [0, 0.1) is 0 Å². The smallest absolute Gasteiger partial charge is 0.407 e. The zero-order chi connectivity index (χ0) is 15.7. The number of rotatable bonds is 2. The van der Waals surface area contributed by atoms with Gasteiger partial charge in [0.25, 0.3) is 0 Å². The molecule has 1 aliphatic heterocycles. The van der Waals surface area contributed by atoms with Gasteiger partial charge in [0.2, 0.25) is 0 Å². The van der Waals surface area contributed by atoms with E-state index in [9.17, 15) is 9.59 Å². The zero-order valence-corrected chi connectivity index (χ0v) is 12.7. The number of esters is 1. The zero-order valence-electron chi connectivity index (χ0n) is 12.7. The summed E-state index contributed by atoms with van der Waals surface area (Å²) in [6, 6.07) is 8.28. The largest absolute Gasteiger partial charge is 0.469 e. The van der Waals surface area contributed by atoms with Crippen LogP contribution in [-0.2, 0) is 14.9 Å². The van der Waals surface area contributed by atoms with Crippen LogP contribution in [0.1, 0.15) is 42.7 Å². The van der Waals surface area contributed by atoms with Crippen LogP contribution >= 0.6 is 0 Å². The van der Waals surface area contributed by atoms with Crippen LogP contribution in [0.3, 0.4) is 0 Å². The lowest BCUT2D eigenvalue weighted by atomic mass is 9.73. The molecule has 1 aromatic carbocycles. The van der Waals surface area contributed by atoms with Crippen LogP contribution in [0.25, 0.3) is 0 Å². The average Bonchev–Trinajstić information content (AvgIpc) is 2.82. The van der Waals surface area contributed by atoms with Gasteiger partial charge in [-0.3, -0.25) is 4.79 Å². The third-order valence-electron chi connectivity index (χ3n) is 5.24. The normalized spacial score (nSPS) is 22.4. The van der Waals surface area contributed by atoms with Crippen molar-refractivity contribution in [1.29, 1.82) is 0 Å². The summed E-state index contributed by atoms with van der Waals surface area (Å²) in [5, 5.41) is 9.13. The lowest BCUT2D eigenvalue weighted by Gasteiger charge is -2.39. The van der Waals surface area contributed by atoms with E-state index in [-0.39, 0.29) is 17.3 Å². The summed E-state index contributed by atoms with van der Waals surface area (Å²) in [5.74, 6) is -0.000136. The van der Waals surface area contributed by atoms with Crippen molar-refractivity contribution in [1.82, 2.24) is 4.90 Å². The van der Waals surface area contributed by atoms with Gasteiger partial charge in [-0.2, -0.15) is 0 Å². The van der Waals surface area contributed by atoms with Gasteiger partial charge in [-0.25, -0.2) is 4.79 Å². The molecule has 3 rings (SSSR count). The Balaban J connectivity index is 1.85. The first-order valence-corrected chi connectivity index (χ1v) is 7.70. The summed E-state index contributed by atoms with van der Waals surface area (Å²) < 4.78 is 4.83. The third kappa shape index (κ3) is 2.45. The molecule has 1 aliphatic carbocycles. The molecule has 0 bridgehead atoms. The number of benzene rings is 1. The molecule has 1 unspecified atom stereocenters. The molecule has 1 fully saturated rings. The Bertz CT molecular complexity index is 590. The van der Waals surface area contributed by atoms with Crippen molar-refractivity contribution in [3.05, 3.63) is 35.4 Å². The molecular formula is C17H21NO4. The van der Waals surface area contributed by atoms with Gasteiger partial charge in [-0.1, -0.05) is 24.3 Å². The fourth-order valence-corrected chi connectivity index (χ4v) is 4.09. The van der Waals surface area contributed by atoms with Crippen molar-refractivity contribution in [3.8, 4) is 0 Å². The number of likely N-dealkylation sites (tertiary alicyclic amines) is 1. The van der Waals surface area contributed by atoms with Gasteiger partial charge in [-0.05, 0) is 41.7 Å². The topological polar surface area (TPSA) is 66.8 Å². The Labute approximate surface area is 129 Å². The van der Waals surface area contributed by atoms with E-state index in [1.807, 2.05) is 12.1 Å². The minimum absolute atomic E-state index is 0.0151. The molecule has 118 valence electrons. The van der Waals surface area contributed by atoms with Gasteiger partial charge in [0, 0.05) is 13.1 Å². The molecule has 0 saturated carbocycles. The first kappa shape index (κ1) is 14.9. The molecule has 1 N–H and O–H groups in total. The summed E-state index contributed by atoms with van der Waals surface area (Å²) in [4.78, 5) is 24.3. The number of carbonyl (C=O) groups is 2. The van der Waals surface area contributed by atoms with E-state index in [1.54, 1.807) is 0 Å². The molecule has 2 aliphatic rings. The highest BCUT2D eigenvalue weighted by Gasteiger charge is 2.46. The van der Waals surface area contributed by atoms with Gasteiger partial charge in [0.1, 0.15) is 0 Å². The number of methoxy groups -OCH3 is 1. The molecule has 1 aromatic rings. The lowest BCUT2D eigenvalue weighted by Crippen LogP contribution is -2.43. The second kappa shape index (κ2) is 5.63. The van der Waals surface area contributed by atoms with Crippen molar-refractivity contribution in [2.45, 2.75) is 37.0 Å². The summed E-state index contributed by atoms with van der Waals surface area (Å²) in [6.45, 7) is 1.13. The monoisotopic (exact) mass is 303 g/mol. The molecule has 22 heavy (non-hydrogen) atoms. The van der Waals surface area contributed by atoms with Crippen LogP contribution in [-0.4, -0.2) is 42.3 Å². The first-order valence-electron chi connectivity index (χ1n) is 7.70. The second-order valence-electron chi connectivity index (χ2n) is 6.32. The maximum absolute atomic E-state index is 11.7. The highest BCUT2D eigenvalue weighted by Crippen LogP contribution is 2.52. The van der Waals surface area contributed by atoms with E-state index >= 15 is 0 Å². The van der Waals surface area contributed by atoms with E-state index < -0.39 is 6.09 Å². The molecule has 5 heteroatoms. The Morgan fingerprint density at radius 3 is 2.64 bits per heavy atom. The Kier molecular flexibility index (Phi) is 3.81. The van der Waals surface area contributed by atoms with Gasteiger partial charge >= 0.3 is 12.1 Å². The van der Waals surface area contributed by atoms with Crippen LogP contribution in [0.2, 0.25) is 0 Å². The summed E-state index contributed by atoms with van der Waals surface area (Å²) >= 11 is 0. The summed E-state index contributed by atoms with van der Waals surface area (Å²) in [7, 11) is 1.42. The number of nitrogens with zero attached hydrogens (tertiary/aromatic N) is 1. The van der Waals surface area contributed by atoms with Gasteiger partial charge in [0.15, 0.2) is 0 Å². The number of piperidine rings is 1. The molecule has 1 atom stereocenters. The van der Waals surface area contributed by atoms with Crippen molar-refractivity contribution in [2.75, 3.05) is 20.2 Å². The number of carbonyl (C=O) groups excluding carboxylic acids is 1. The molecule has 0 radical (unpaired) electrons. The van der Waals surface area contributed by atoms with Crippen LogP contribution in [0.15, 0.2) is 24.3 Å².